The third kappa shape index (κ3) is 7.48. The van der Waals surface area contributed by atoms with E-state index in [-0.39, 0.29) is 30.0 Å². The highest BCUT2D eigenvalue weighted by Crippen LogP contribution is 2.36. The summed E-state index contributed by atoms with van der Waals surface area (Å²) in [7, 11) is 0. The van der Waals surface area contributed by atoms with Gasteiger partial charge in [0.15, 0.2) is 11.5 Å². The molecule has 3 rings (SSSR count). The Hall–Kier alpha value is -4.05. The fourth-order valence-electron chi connectivity index (χ4n) is 3.31. The number of alkyl halides is 3. The summed E-state index contributed by atoms with van der Waals surface area (Å²) >= 11 is 2.00. The van der Waals surface area contributed by atoms with Crippen LogP contribution in [0.5, 0.6) is 11.5 Å². The molecule has 3 aromatic rings. The number of nitriles is 1. The monoisotopic (exact) mass is 636 g/mol. The maximum Gasteiger partial charge on any atom is 0.416 e. The quantitative estimate of drug-likeness (QED) is 0.157. The van der Waals surface area contributed by atoms with Gasteiger partial charge in [0.2, 0.25) is 0 Å². The fraction of sp³-hybridized carbons (Fsp3) is 0.148. The Labute approximate surface area is 229 Å². The van der Waals surface area contributed by atoms with Crippen molar-refractivity contribution < 1.29 is 37.3 Å². The van der Waals surface area contributed by atoms with Crippen molar-refractivity contribution in [1.82, 2.24) is 0 Å². The Morgan fingerprint density at radius 3 is 2.50 bits per heavy atom. The summed E-state index contributed by atoms with van der Waals surface area (Å²) in [4.78, 5) is 23.8. The number of hydrogen-bond donors (Lipinski definition) is 2. The van der Waals surface area contributed by atoms with Crippen LogP contribution in [0.1, 0.15) is 34.0 Å². The van der Waals surface area contributed by atoms with Crippen LogP contribution in [0.4, 0.5) is 18.9 Å². The van der Waals surface area contributed by atoms with Crippen LogP contribution in [0.25, 0.3) is 6.08 Å². The van der Waals surface area contributed by atoms with Crippen LogP contribution in [0.3, 0.4) is 0 Å². The number of anilines is 1. The largest absolute Gasteiger partial charge is 0.490 e. The molecule has 196 valence electrons. The van der Waals surface area contributed by atoms with Gasteiger partial charge in [0.05, 0.1) is 21.3 Å². The van der Waals surface area contributed by atoms with Crippen LogP contribution in [0, 0.1) is 14.9 Å². The molecular weight excluding hydrogens is 616 g/mol. The van der Waals surface area contributed by atoms with Crippen molar-refractivity contribution in [2.45, 2.75) is 19.7 Å². The molecule has 38 heavy (non-hydrogen) atoms. The molecule has 0 saturated heterocycles. The molecule has 0 aliphatic heterocycles. The lowest BCUT2D eigenvalue weighted by Gasteiger charge is -2.15. The van der Waals surface area contributed by atoms with Crippen molar-refractivity contribution in [2.24, 2.45) is 0 Å². The van der Waals surface area contributed by atoms with Gasteiger partial charge < -0.3 is 19.9 Å². The van der Waals surface area contributed by atoms with E-state index in [0.717, 1.165) is 18.2 Å². The minimum Gasteiger partial charge on any atom is -0.490 e. The lowest BCUT2D eigenvalue weighted by Crippen LogP contribution is -2.14. The van der Waals surface area contributed by atoms with Gasteiger partial charge >= 0.3 is 12.1 Å². The third-order valence-corrected chi connectivity index (χ3v) is 5.81. The van der Waals surface area contributed by atoms with Crippen molar-refractivity contribution in [1.29, 1.82) is 5.26 Å². The first-order valence-electron chi connectivity index (χ1n) is 11.0. The molecule has 7 nitrogen and oxygen atoms in total. The molecule has 0 aromatic heterocycles. The Bertz CT molecular complexity index is 1430. The summed E-state index contributed by atoms with van der Waals surface area (Å²) in [5.41, 5.74) is -0.192. The molecule has 0 unspecified atom stereocenters. The molecule has 0 bridgehead atoms. The number of carboxylic acids is 1. The Morgan fingerprint density at radius 2 is 1.84 bits per heavy atom. The Kier molecular flexibility index (Phi) is 9.35. The van der Waals surface area contributed by atoms with Gasteiger partial charge in [-0.1, -0.05) is 18.2 Å². The Balaban J connectivity index is 1.85. The molecule has 2 N–H and O–H groups in total. The van der Waals surface area contributed by atoms with E-state index in [1.54, 1.807) is 37.3 Å². The van der Waals surface area contributed by atoms with Crippen molar-refractivity contribution in [3.63, 3.8) is 0 Å². The zero-order valence-corrected chi connectivity index (χ0v) is 22.0. The zero-order valence-electron chi connectivity index (χ0n) is 19.8. The van der Waals surface area contributed by atoms with Crippen LogP contribution >= 0.6 is 22.6 Å². The first kappa shape index (κ1) is 28.5. The van der Waals surface area contributed by atoms with E-state index in [1.807, 2.05) is 22.6 Å². The van der Waals surface area contributed by atoms with E-state index in [2.05, 4.69) is 5.32 Å². The van der Waals surface area contributed by atoms with Crippen LogP contribution in [-0.4, -0.2) is 23.6 Å². The number of carbonyl (C=O) groups is 2. The minimum absolute atomic E-state index is 0.0647. The summed E-state index contributed by atoms with van der Waals surface area (Å²) in [5, 5.41) is 21.0. The van der Waals surface area contributed by atoms with Crippen molar-refractivity contribution in [3.05, 3.63) is 92.1 Å². The van der Waals surface area contributed by atoms with E-state index < -0.39 is 23.6 Å². The number of nitrogens with zero attached hydrogens (tertiary/aromatic N) is 1. The molecule has 0 fully saturated rings. The maximum atomic E-state index is 13.0. The number of hydrogen-bond acceptors (Lipinski definition) is 5. The highest BCUT2D eigenvalue weighted by Gasteiger charge is 2.30. The normalized spacial score (nSPS) is 11.4. The number of ether oxygens (including phenoxy) is 2. The molecule has 0 radical (unpaired) electrons. The minimum atomic E-state index is -4.58. The molecule has 0 atom stereocenters. The predicted octanol–water partition coefficient (Wildman–Crippen LogP) is 6.53. The highest BCUT2D eigenvalue weighted by atomic mass is 127. The predicted molar refractivity (Wildman–Crippen MR) is 142 cm³/mol. The number of benzene rings is 3. The van der Waals surface area contributed by atoms with E-state index in [4.69, 9.17) is 9.47 Å². The van der Waals surface area contributed by atoms with E-state index in [0.29, 0.717) is 26.2 Å². The van der Waals surface area contributed by atoms with Gasteiger partial charge in [0.25, 0.3) is 5.91 Å². The van der Waals surface area contributed by atoms with Gasteiger partial charge in [0.1, 0.15) is 18.2 Å². The number of aromatic carboxylic acids is 1. The van der Waals surface area contributed by atoms with Gasteiger partial charge in [-0.25, -0.2) is 4.79 Å². The number of carbonyl (C=O) groups excluding carboxylic acids is 1. The van der Waals surface area contributed by atoms with Gasteiger partial charge in [-0.15, -0.1) is 0 Å². The average Bonchev–Trinajstić information content (AvgIpc) is 2.86. The lowest BCUT2D eigenvalue weighted by atomic mass is 10.1. The molecule has 0 aliphatic rings. The number of carboxylic acid groups (broad SMARTS) is 1. The van der Waals surface area contributed by atoms with Crippen LogP contribution < -0.4 is 14.8 Å². The van der Waals surface area contributed by atoms with Gasteiger partial charge in [0, 0.05) is 5.69 Å². The van der Waals surface area contributed by atoms with E-state index >= 15 is 0 Å². The molecule has 1 amide bonds. The van der Waals surface area contributed by atoms with Gasteiger partial charge in [-0.3, -0.25) is 4.79 Å². The van der Waals surface area contributed by atoms with Gasteiger partial charge in [-0.2, -0.15) is 18.4 Å². The number of rotatable bonds is 9. The number of nitrogens with one attached hydrogen (secondary N) is 1. The highest BCUT2D eigenvalue weighted by molar-refractivity contribution is 14.1. The smallest absolute Gasteiger partial charge is 0.416 e. The van der Waals surface area contributed by atoms with Crippen molar-refractivity contribution >= 4 is 46.2 Å². The fourth-order valence-corrected chi connectivity index (χ4v) is 4.09. The van der Waals surface area contributed by atoms with Crippen LogP contribution in [0.2, 0.25) is 0 Å². The van der Waals surface area contributed by atoms with Crippen LogP contribution in [0.15, 0.2) is 66.2 Å². The van der Waals surface area contributed by atoms with Gasteiger partial charge in [-0.05, 0) is 89.2 Å². The second-order valence-electron chi connectivity index (χ2n) is 7.76. The van der Waals surface area contributed by atoms with Crippen molar-refractivity contribution in [2.75, 3.05) is 11.9 Å². The number of halogens is 4. The standard InChI is InChI=1S/C27H20F3IN2O5/c1-2-37-23-12-17(11-22(31)24(23)38-15-16-5-3-6-18(9-16)26(35)36)10-19(14-32)25(34)33-21-8-4-7-20(13-21)27(28,29)30/h3-13H,2,15H2,1H3,(H,33,34)(H,35,36)/b19-10-. The average molecular weight is 636 g/mol. The molecule has 11 heteroatoms. The van der Waals surface area contributed by atoms with E-state index in [9.17, 15) is 33.1 Å². The summed E-state index contributed by atoms with van der Waals surface area (Å²) in [6.07, 6.45) is -3.29. The third-order valence-electron chi connectivity index (χ3n) is 5.01. The zero-order chi connectivity index (χ0) is 27.9. The second kappa shape index (κ2) is 12.5. The summed E-state index contributed by atoms with van der Waals surface area (Å²) < 4.78 is 51.1. The number of amides is 1. The first-order valence-corrected chi connectivity index (χ1v) is 12.1. The lowest BCUT2D eigenvalue weighted by molar-refractivity contribution is -0.137. The molecule has 0 saturated carbocycles. The topological polar surface area (TPSA) is 109 Å². The summed E-state index contributed by atoms with van der Waals surface area (Å²) in [6, 6.07) is 15.4. The van der Waals surface area contributed by atoms with E-state index in [1.165, 1.54) is 24.3 Å². The first-order chi connectivity index (χ1) is 18.0. The summed E-state index contributed by atoms with van der Waals surface area (Å²) in [6.45, 7) is 2.11. The maximum absolute atomic E-state index is 13.0. The molecule has 3 aromatic carbocycles. The SMILES string of the molecule is CCOc1cc(/C=C(/C#N)C(=O)Nc2cccc(C(F)(F)F)c2)cc(I)c1OCc1cccc(C(=O)O)c1. The molecule has 0 heterocycles. The van der Waals surface area contributed by atoms with Crippen LogP contribution in [-0.2, 0) is 17.6 Å². The molecule has 0 spiro atoms. The summed E-state index contributed by atoms with van der Waals surface area (Å²) in [5.74, 6) is -1.22. The molecule has 0 aliphatic carbocycles. The second-order valence-corrected chi connectivity index (χ2v) is 8.92. The molecular formula is C27H20F3IN2O5. The Morgan fingerprint density at radius 1 is 1.11 bits per heavy atom. The van der Waals surface area contributed by atoms with Crippen molar-refractivity contribution in [3.8, 4) is 17.6 Å².